The van der Waals surface area contributed by atoms with Gasteiger partial charge in [-0.1, -0.05) is 45.8 Å². The Bertz CT molecular complexity index is 1320. The van der Waals surface area contributed by atoms with Crippen LogP contribution in [0.1, 0.15) is 34.0 Å². The number of halogens is 1. The van der Waals surface area contributed by atoms with Crippen molar-refractivity contribution >= 4 is 56.5 Å². The number of carbonyl (C=O) groups excluding carboxylic acids is 1. The molecule has 0 spiro atoms. The van der Waals surface area contributed by atoms with Crippen LogP contribution in [0.5, 0.6) is 5.75 Å². The lowest BCUT2D eigenvalue weighted by Crippen LogP contribution is -2.28. The summed E-state index contributed by atoms with van der Waals surface area (Å²) in [5, 5.41) is 9.64. The van der Waals surface area contributed by atoms with E-state index in [-0.39, 0.29) is 11.5 Å². The molecule has 1 fully saturated rings. The van der Waals surface area contributed by atoms with E-state index in [9.17, 15) is 9.59 Å². The van der Waals surface area contributed by atoms with E-state index in [1.54, 1.807) is 17.0 Å². The Morgan fingerprint density at radius 3 is 2.49 bits per heavy atom. The van der Waals surface area contributed by atoms with Crippen molar-refractivity contribution in [3.63, 3.8) is 0 Å². The fourth-order valence-electron chi connectivity index (χ4n) is 3.41. The summed E-state index contributed by atoms with van der Waals surface area (Å²) in [6.45, 7) is 4.81. The number of thioether (sulfide) groups is 1. The Morgan fingerprint density at radius 1 is 1.11 bits per heavy atom. The Balaban J connectivity index is 1.60. The number of amidine groups is 1. The number of aryl methyl sites for hydroxylation is 1. The third-order valence-electron chi connectivity index (χ3n) is 5.32. The number of likely N-dealkylation sites (N-methyl/N-ethyl adjacent to an activating group) is 1. The molecule has 4 rings (SSSR count). The zero-order chi connectivity index (χ0) is 24.9. The lowest BCUT2D eigenvalue weighted by Gasteiger charge is -2.12. The minimum atomic E-state index is -0.996. The van der Waals surface area contributed by atoms with E-state index in [0.29, 0.717) is 34.7 Å². The molecule has 0 bridgehead atoms. The lowest BCUT2D eigenvalue weighted by molar-refractivity contribution is -0.122. The van der Waals surface area contributed by atoms with Gasteiger partial charge in [-0.25, -0.2) is 9.79 Å². The van der Waals surface area contributed by atoms with E-state index in [0.717, 1.165) is 15.6 Å². The minimum absolute atomic E-state index is 0.136. The van der Waals surface area contributed by atoms with Crippen molar-refractivity contribution in [2.24, 2.45) is 4.99 Å². The van der Waals surface area contributed by atoms with Crippen molar-refractivity contribution in [3.8, 4) is 5.75 Å². The number of aliphatic imine (C=N–C) groups is 1. The second kappa shape index (κ2) is 10.9. The van der Waals surface area contributed by atoms with Gasteiger partial charge in [0.05, 0.1) is 16.2 Å². The van der Waals surface area contributed by atoms with Crippen LogP contribution in [-0.4, -0.2) is 33.6 Å². The lowest BCUT2D eigenvalue weighted by atomic mass is 10.1. The van der Waals surface area contributed by atoms with Crippen molar-refractivity contribution in [2.45, 2.75) is 20.5 Å². The first-order chi connectivity index (χ1) is 16.8. The van der Waals surface area contributed by atoms with E-state index in [4.69, 9.17) is 9.84 Å². The summed E-state index contributed by atoms with van der Waals surface area (Å²) in [5.41, 5.74) is 3.80. The normalized spacial score (nSPS) is 15.7. The summed E-state index contributed by atoms with van der Waals surface area (Å²) in [5.74, 6) is -0.459. The van der Waals surface area contributed by atoms with Gasteiger partial charge < -0.3 is 9.84 Å². The van der Waals surface area contributed by atoms with Crippen LogP contribution >= 0.6 is 27.7 Å². The number of carboxylic acid groups (broad SMARTS) is 1. The highest BCUT2D eigenvalue weighted by atomic mass is 79.9. The largest absolute Gasteiger partial charge is 0.488 e. The van der Waals surface area contributed by atoms with E-state index < -0.39 is 5.97 Å². The molecular formula is C27H23BrN2O4S. The van der Waals surface area contributed by atoms with Gasteiger partial charge in [-0.15, -0.1) is 0 Å². The van der Waals surface area contributed by atoms with Crippen LogP contribution < -0.4 is 4.74 Å². The summed E-state index contributed by atoms with van der Waals surface area (Å²) >= 11 is 4.79. The molecule has 1 saturated heterocycles. The molecule has 0 radical (unpaired) electrons. The number of amides is 1. The smallest absolute Gasteiger partial charge is 0.335 e. The fraction of sp³-hybridized carbons (Fsp3) is 0.148. The molecule has 3 aromatic carbocycles. The van der Waals surface area contributed by atoms with Crippen molar-refractivity contribution < 1.29 is 19.4 Å². The van der Waals surface area contributed by atoms with Crippen molar-refractivity contribution in [2.75, 3.05) is 6.54 Å². The van der Waals surface area contributed by atoms with Gasteiger partial charge >= 0.3 is 5.97 Å². The second-order valence-corrected chi connectivity index (χ2v) is 9.79. The van der Waals surface area contributed by atoms with E-state index in [2.05, 4.69) is 20.9 Å². The van der Waals surface area contributed by atoms with Crippen molar-refractivity contribution in [1.82, 2.24) is 4.90 Å². The van der Waals surface area contributed by atoms with Crippen LogP contribution in [0, 0.1) is 6.92 Å². The van der Waals surface area contributed by atoms with Gasteiger partial charge in [0.15, 0.2) is 5.17 Å². The summed E-state index contributed by atoms with van der Waals surface area (Å²) in [6.07, 6.45) is 1.82. The fourth-order valence-corrected chi connectivity index (χ4v) is 4.84. The van der Waals surface area contributed by atoms with Crippen LogP contribution in [0.4, 0.5) is 5.69 Å². The van der Waals surface area contributed by atoms with Crippen LogP contribution in [-0.2, 0) is 11.4 Å². The molecule has 0 unspecified atom stereocenters. The molecule has 0 aromatic heterocycles. The van der Waals surface area contributed by atoms with E-state index in [1.807, 2.05) is 62.4 Å². The van der Waals surface area contributed by atoms with Gasteiger partial charge in [0.1, 0.15) is 12.4 Å². The van der Waals surface area contributed by atoms with Gasteiger partial charge in [-0.2, -0.15) is 0 Å². The number of nitrogens with zero attached hydrogens (tertiary/aromatic N) is 2. The summed E-state index contributed by atoms with van der Waals surface area (Å²) in [4.78, 5) is 30.9. The zero-order valence-corrected chi connectivity index (χ0v) is 21.6. The predicted octanol–water partition coefficient (Wildman–Crippen LogP) is 6.66. The molecule has 1 N–H and O–H groups in total. The van der Waals surface area contributed by atoms with E-state index in [1.165, 1.54) is 29.5 Å². The summed E-state index contributed by atoms with van der Waals surface area (Å²) in [7, 11) is 0. The number of carboxylic acids is 1. The standard InChI is InChI=1S/C27H23BrN2O4S/c1-3-30-25(31)24(35-27(30)29-22-11-8-19(9-12-22)26(32)33)15-20-14-21(28)10-13-23(20)34-16-18-6-4-17(2)5-7-18/h4-15H,3,16H2,1-2H3,(H,32,33). The second-order valence-electron chi connectivity index (χ2n) is 7.86. The summed E-state index contributed by atoms with van der Waals surface area (Å²) < 4.78 is 6.97. The van der Waals surface area contributed by atoms with Gasteiger partial charge in [-0.05, 0) is 79.7 Å². The maximum Gasteiger partial charge on any atom is 0.335 e. The maximum atomic E-state index is 13.1. The molecule has 178 valence electrons. The van der Waals surface area contributed by atoms with Crippen LogP contribution in [0.2, 0.25) is 0 Å². The molecule has 6 nitrogen and oxygen atoms in total. The molecule has 1 heterocycles. The molecule has 1 aliphatic heterocycles. The predicted molar refractivity (Wildman–Crippen MR) is 143 cm³/mol. The number of hydrogen-bond acceptors (Lipinski definition) is 5. The Labute approximate surface area is 216 Å². The monoisotopic (exact) mass is 550 g/mol. The topological polar surface area (TPSA) is 79.2 Å². The first kappa shape index (κ1) is 24.8. The molecule has 3 aromatic rings. The quantitative estimate of drug-likeness (QED) is 0.333. The van der Waals surface area contributed by atoms with E-state index >= 15 is 0 Å². The highest BCUT2D eigenvalue weighted by Crippen LogP contribution is 2.36. The minimum Gasteiger partial charge on any atom is -0.488 e. The van der Waals surface area contributed by atoms with Gasteiger partial charge in [0.2, 0.25) is 0 Å². The number of ether oxygens (including phenoxy) is 1. The molecule has 35 heavy (non-hydrogen) atoms. The molecule has 1 aliphatic rings. The number of rotatable bonds is 7. The first-order valence-electron chi connectivity index (χ1n) is 11.0. The molecule has 8 heteroatoms. The highest BCUT2D eigenvalue weighted by Gasteiger charge is 2.32. The van der Waals surface area contributed by atoms with Crippen LogP contribution in [0.3, 0.4) is 0 Å². The molecule has 0 aliphatic carbocycles. The number of aromatic carboxylic acids is 1. The zero-order valence-electron chi connectivity index (χ0n) is 19.2. The Hall–Kier alpha value is -3.36. The third kappa shape index (κ3) is 6.01. The Kier molecular flexibility index (Phi) is 7.73. The third-order valence-corrected chi connectivity index (χ3v) is 6.82. The number of carbonyl (C=O) groups is 2. The number of hydrogen-bond donors (Lipinski definition) is 1. The van der Waals surface area contributed by atoms with Gasteiger partial charge in [-0.3, -0.25) is 9.69 Å². The Morgan fingerprint density at radius 2 is 1.83 bits per heavy atom. The molecular weight excluding hydrogens is 528 g/mol. The van der Waals surface area contributed by atoms with Gasteiger partial charge in [0.25, 0.3) is 5.91 Å². The maximum absolute atomic E-state index is 13.1. The number of benzene rings is 3. The molecule has 1 amide bonds. The average molecular weight is 551 g/mol. The average Bonchev–Trinajstić information content (AvgIpc) is 3.13. The highest BCUT2D eigenvalue weighted by molar-refractivity contribution is 9.10. The SMILES string of the molecule is CCN1C(=O)C(=Cc2cc(Br)ccc2OCc2ccc(C)cc2)SC1=Nc1ccc(C(=O)O)cc1. The summed E-state index contributed by atoms with van der Waals surface area (Å²) in [6, 6.07) is 20.1. The first-order valence-corrected chi connectivity index (χ1v) is 12.6. The van der Waals surface area contributed by atoms with Crippen molar-refractivity contribution in [3.05, 3.63) is 98.4 Å². The van der Waals surface area contributed by atoms with Crippen molar-refractivity contribution in [1.29, 1.82) is 0 Å². The van der Waals surface area contributed by atoms with Gasteiger partial charge in [0, 0.05) is 16.6 Å². The van der Waals surface area contributed by atoms with Crippen LogP contribution in [0.25, 0.3) is 6.08 Å². The van der Waals surface area contributed by atoms with Crippen LogP contribution in [0.15, 0.2) is 81.1 Å². The molecule has 0 atom stereocenters. The molecule has 0 saturated carbocycles.